The van der Waals surface area contributed by atoms with Gasteiger partial charge in [0.25, 0.3) is 0 Å². The van der Waals surface area contributed by atoms with Gasteiger partial charge in [0.05, 0.1) is 12.1 Å². The van der Waals surface area contributed by atoms with E-state index >= 15 is 0 Å². The third-order valence-corrected chi connectivity index (χ3v) is 2.55. The first-order valence-corrected chi connectivity index (χ1v) is 4.87. The maximum atomic E-state index is 4.74. The van der Waals surface area contributed by atoms with Crippen LogP contribution in [0.3, 0.4) is 0 Å². The van der Waals surface area contributed by atoms with Gasteiger partial charge >= 0.3 is 0 Å². The summed E-state index contributed by atoms with van der Waals surface area (Å²) in [4.78, 5) is 4.39. The van der Waals surface area contributed by atoms with Gasteiger partial charge in [-0.05, 0) is 28.9 Å². The monoisotopic (exact) mass is 202 g/mol. The number of aromatic nitrogens is 2. The molecule has 1 N–H and O–H groups in total. The Bertz CT molecular complexity index is 543. The van der Waals surface area contributed by atoms with Crippen molar-refractivity contribution in [2.24, 2.45) is 4.99 Å². The maximum Gasteiger partial charge on any atom is 0.146 e. The van der Waals surface area contributed by atoms with Crippen molar-refractivity contribution < 1.29 is 4.63 Å². The molecule has 0 spiro atoms. The van der Waals surface area contributed by atoms with Gasteiger partial charge in [0.1, 0.15) is 16.9 Å². The molecular formula is C10H10N4O. The first kappa shape index (κ1) is 8.40. The van der Waals surface area contributed by atoms with Gasteiger partial charge in [0.2, 0.25) is 0 Å². The third kappa shape index (κ3) is 1.20. The lowest BCUT2D eigenvalue weighted by Gasteiger charge is -2.05. The molecule has 5 heteroatoms. The van der Waals surface area contributed by atoms with Crippen LogP contribution in [0.1, 0.15) is 11.1 Å². The molecule has 0 unspecified atom stereocenters. The summed E-state index contributed by atoms with van der Waals surface area (Å²) in [6.45, 7) is 3.73. The minimum absolute atomic E-state index is 0.770. The standard InChI is InChI=1S/C10H10N4O/c1-6-2-3-7-9(14-15-13-7)8(6)10-11-4-5-12-10/h2-3H,4-5H2,1H3,(H,11,12). The van der Waals surface area contributed by atoms with Gasteiger partial charge in [0, 0.05) is 6.54 Å². The van der Waals surface area contributed by atoms with Crippen LogP contribution in [-0.4, -0.2) is 29.2 Å². The largest absolute Gasteiger partial charge is 0.368 e. The molecule has 1 aliphatic rings. The molecule has 0 atom stereocenters. The van der Waals surface area contributed by atoms with Crippen LogP contribution in [0.2, 0.25) is 0 Å². The molecule has 3 rings (SSSR count). The average molecular weight is 202 g/mol. The fourth-order valence-electron chi connectivity index (χ4n) is 1.82. The van der Waals surface area contributed by atoms with E-state index in [0.29, 0.717) is 0 Å². The second-order valence-electron chi connectivity index (χ2n) is 3.55. The van der Waals surface area contributed by atoms with E-state index in [1.54, 1.807) is 0 Å². The Morgan fingerprint density at radius 2 is 2.27 bits per heavy atom. The van der Waals surface area contributed by atoms with Gasteiger partial charge in [-0.1, -0.05) is 6.07 Å². The lowest BCUT2D eigenvalue weighted by atomic mass is 10.1. The van der Waals surface area contributed by atoms with Crippen LogP contribution in [0.15, 0.2) is 21.8 Å². The zero-order chi connectivity index (χ0) is 10.3. The molecule has 1 aliphatic heterocycles. The Kier molecular flexibility index (Phi) is 1.71. The summed E-state index contributed by atoms with van der Waals surface area (Å²) in [6, 6.07) is 3.91. The van der Waals surface area contributed by atoms with Crippen LogP contribution >= 0.6 is 0 Å². The van der Waals surface area contributed by atoms with Crippen molar-refractivity contribution in [2.45, 2.75) is 6.92 Å². The summed E-state index contributed by atoms with van der Waals surface area (Å²) < 4.78 is 4.74. The summed E-state index contributed by atoms with van der Waals surface area (Å²) in [5.74, 6) is 0.897. The molecule has 5 nitrogen and oxygen atoms in total. The number of hydrogen-bond acceptors (Lipinski definition) is 5. The smallest absolute Gasteiger partial charge is 0.146 e. The van der Waals surface area contributed by atoms with E-state index in [0.717, 1.165) is 41.1 Å². The number of nitrogens with one attached hydrogen (secondary N) is 1. The van der Waals surface area contributed by atoms with Crippen LogP contribution in [0.5, 0.6) is 0 Å². The van der Waals surface area contributed by atoms with Gasteiger partial charge < -0.3 is 5.32 Å². The van der Waals surface area contributed by atoms with E-state index in [9.17, 15) is 0 Å². The van der Waals surface area contributed by atoms with Crippen LogP contribution in [0.4, 0.5) is 0 Å². The summed E-state index contributed by atoms with van der Waals surface area (Å²) in [5, 5.41) is 11.0. The van der Waals surface area contributed by atoms with Crippen molar-refractivity contribution in [1.29, 1.82) is 0 Å². The molecule has 76 valence electrons. The lowest BCUT2D eigenvalue weighted by Crippen LogP contribution is -2.20. The van der Waals surface area contributed by atoms with Crippen molar-refractivity contribution in [3.05, 3.63) is 23.3 Å². The minimum atomic E-state index is 0.770. The Balaban J connectivity index is 2.30. The Hall–Kier alpha value is -1.91. The van der Waals surface area contributed by atoms with Gasteiger partial charge in [0.15, 0.2) is 0 Å². The molecule has 2 heterocycles. The number of aryl methyl sites for hydroxylation is 1. The predicted octanol–water partition coefficient (Wildman–Crippen LogP) is 0.881. The van der Waals surface area contributed by atoms with Gasteiger partial charge in [-0.2, -0.15) is 0 Å². The van der Waals surface area contributed by atoms with Crippen molar-refractivity contribution >= 4 is 16.9 Å². The Morgan fingerprint density at radius 3 is 3.07 bits per heavy atom. The average Bonchev–Trinajstić information content (AvgIpc) is 2.85. The number of amidine groups is 1. The molecule has 2 aromatic rings. The molecule has 1 aromatic heterocycles. The van der Waals surface area contributed by atoms with E-state index in [1.165, 1.54) is 0 Å². The summed E-state index contributed by atoms with van der Waals surface area (Å²) in [6.07, 6.45) is 0. The molecule has 0 aliphatic carbocycles. The third-order valence-electron chi connectivity index (χ3n) is 2.55. The highest BCUT2D eigenvalue weighted by molar-refractivity contribution is 6.09. The normalized spacial score (nSPS) is 15.4. The summed E-state index contributed by atoms with van der Waals surface area (Å²) in [7, 11) is 0. The molecule has 1 aromatic carbocycles. The van der Waals surface area contributed by atoms with Crippen LogP contribution in [0, 0.1) is 6.92 Å². The summed E-state index contributed by atoms with van der Waals surface area (Å²) in [5.41, 5.74) is 3.69. The van der Waals surface area contributed by atoms with Crippen LogP contribution in [0.25, 0.3) is 11.0 Å². The fraction of sp³-hybridized carbons (Fsp3) is 0.300. The van der Waals surface area contributed by atoms with E-state index in [1.807, 2.05) is 19.1 Å². The molecule has 0 bridgehead atoms. The van der Waals surface area contributed by atoms with Gasteiger partial charge in [-0.3, -0.25) is 4.99 Å². The van der Waals surface area contributed by atoms with Gasteiger partial charge in [-0.15, -0.1) is 0 Å². The highest BCUT2D eigenvalue weighted by atomic mass is 16.6. The van der Waals surface area contributed by atoms with E-state index in [-0.39, 0.29) is 0 Å². The summed E-state index contributed by atoms with van der Waals surface area (Å²) >= 11 is 0. The number of benzene rings is 1. The van der Waals surface area contributed by atoms with E-state index < -0.39 is 0 Å². The van der Waals surface area contributed by atoms with E-state index in [4.69, 9.17) is 4.63 Å². The SMILES string of the molecule is Cc1ccc2nonc2c1C1=NCCN1. The number of fused-ring (bicyclic) bond motifs is 1. The van der Waals surface area contributed by atoms with Crippen molar-refractivity contribution in [3.8, 4) is 0 Å². The number of rotatable bonds is 1. The molecule has 0 saturated carbocycles. The lowest BCUT2D eigenvalue weighted by molar-refractivity contribution is 0.315. The Labute approximate surface area is 86.1 Å². The van der Waals surface area contributed by atoms with Crippen LogP contribution in [-0.2, 0) is 0 Å². The fourth-order valence-corrected chi connectivity index (χ4v) is 1.82. The second-order valence-corrected chi connectivity index (χ2v) is 3.55. The van der Waals surface area contributed by atoms with Crippen molar-refractivity contribution in [2.75, 3.05) is 13.1 Å². The Morgan fingerprint density at radius 1 is 1.33 bits per heavy atom. The topological polar surface area (TPSA) is 63.3 Å². The molecule has 0 fully saturated rings. The zero-order valence-electron chi connectivity index (χ0n) is 8.32. The maximum absolute atomic E-state index is 4.74. The molecule has 15 heavy (non-hydrogen) atoms. The van der Waals surface area contributed by atoms with Gasteiger partial charge in [-0.25, -0.2) is 4.63 Å². The quantitative estimate of drug-likeness (QED) is 0.745. The molecule has 0 amide bonds. The minimum Gasteiger partial charge on any atom is -0.368 e. The van der Waals surface area contributed by atoms with Crippen molar-refractivity contribution in [1.82, 2.24) is 15.6 Å². The molecule has 0 saturated heterocycles. The van der Waals surface area contributed by atoms with Crippen LogP contribution < -0.4 is 5.32 Å². The molecular weight excluding hydrogens is 192 g/mol. The predicted molar refractivity (Wildman–Crippen MR) is 55.9 cm³/mol. The number of aliphatic imine (C=N–C) groups is 1. The molecule has 0 radical (unpaired) electrons. The second kappa shape index (κ2) is 3.05. The first-order valence-electron chi connectivity index (χ1n) is 4.87. The first-order chi connectivity index (χ1) is 7.36. The highest BCUT2D eigenvalue weighted by Gasteiger charge is 2.17. The van der Waals surface area contributed by atoms with Crippen molar-refractivity contribution in [3.63, 3.8) is 0 Å². The highest BCUT2D eigenvalue weighted by Crippen LogP contribution is 2.20. The van der Waals surface area contributed by atoms with E-state index in [2.05, 4.69) is 20.6 Å². The zero-order valence-corrected chi connectivity index (χ0v) is 8.32. The number of hydrogen-bond donors (Lipinski definition) is 1. The number of nitrogens with zero attached hydrogens (tertiary/aromatic N) is 3.